The van der Waals surface area contributed by atoms with Crippen molar-refractivity contribution in [2.24, 2.45) is 11.8 Å². The van der Waals surface area contributed by atoms with Crippen molar-refractivity contribution in [3.05, 3.63) is 59.2 Å². The topological polar surface area (TPSA) is 119 Å². The van der Waals surface area contributed by atoms with E-state index in [4.69, 9.17) is 9.47 Å². The number of hydrogen-bond acceptors (Lipinski definition) is 8. The summed E-state index contributed by atoms with van der Waals surface area (Å²) in [6.07, 6.45) is 3.16. The number of likely N-dealkylation sites (tertiary alicyclic amines) is 1. The van der Waals surface area contributed by atoms with Crippen LogP contribution in [0.4, 0.5) is 0 Å². The maximum absolute atomic E-state index is 12.9. The lowest BCUT2D eigenvalue weighted by Gasteiger charge is -2.32. The summed E-state index contributed by atoms with van der Waals surface area (Å²) >= 11 is 0. The number of carbonyl (C=O) groups is 3. The van der Waals surface area contributed by atoms with Crippen LogP contribution < -0.4 is 19.7 Å². The third-order valence-electron chi connectivity index (χ3n) is 6.57. The number of aliphatic carboxylic acids is 2. The Morgan fingerprint density at radius 3 is 2.11 bits per heavy atom. The van der Waals surface area contributed by atoms with Gasteiger partial charge >= 0.3 is 0 Å². The molecule has 2 aromatic rings. The fraction of sp³-hybridized carbons (Fsp3) is 0.444. The predicted molar refractivity (Wildman–Crippen MR) is 125 cm³/mol. The summed E-state index contributed by atoms with van der Waals surface area (Å²) < 4.78 is 10.8. The first-order valence-corrected chi connectivity index (χ1v) is 11.8. The summed E-state index contributed by atoms with van der Waals surface area (Å²) in [5.74, 6) is -0.868. The van der Waals surface area contributed by atoms with Crippen molar-refractivity contribution in [3.8, 4) is 11.5 Å². The fourth-order valence-electron chi connectivity index (χ4n) is 4.83. The van der Waals surface area contributed by atoms with Crippen molar-refractivity contribution in [1.29, 1.82) is 0 Å². The SMILES string of the molecule is COc1cc2c(cc1OC)C(=O)C(CC1CCN(Cc3ccccc3)CC1)C2.O=C([O-])CC(=O)[O-]. The maximum Gasteiger partial charge on any atom is 0.166 e. The Morgan fingerprint density at radius 1 is 0.971 bits per heavy atom. The van der Waals surface area contributed by atoms with Crippen molar-refractivity contribution >= 4 is 17.7 Å². The number of benzene rings is 2. The molecule has 1 aliphatic carbocycles. The number of nitrogens with zero attached hydrogens (tertiary/aromatic N) is 1. The van der Waals surface area contributed by atoms with E-state index in [1.165, 1.54) is 18.4 Å². The molecule has 1 fully saturated rings. The Hall–Kier alpha value is -3.39. The maximum atomic E-state index is 12.9. The number of Topliss-reactive ketones (excluding diaryl/α,β-unsaturated/α-hetero) is 1. The first kappa shape index (κ1) is 26.2. The third kappa shape index (κ3) is 7.29. The van der Waals surface area contributed by atoms with Crippen molar-refractivity contribution in [3.63, 3.8) is 0 Å². The molecule has 0 radical (unpaired) electrons. The molecule has 0 spiro atoms. The van der Waals surface area contributed by atoms with Crippen LogP contribution in [0.1, 0.15) is 47.2 Å². The number of ether oxygens (including phenoxy) is 2. The fourth-order valence-corrected chi connectivity index (χ4v) is 4.83. The van der Waals surface area contributed by atoms with E-state index >= 15 is 0 Å². The first-order chi connectivity index (χ1) is 16.8. The van der Waals surface area contributed by atoms with Crippen molar-refractivity contribution in [2.75, 3.05) is 27.3 Å². The minimum absolute atomic E-state index is 0.109. The number of piperidine rings is 1. The van der Waals surface area contributed by atoms with Gasteiger partial charge in [0.05, 0.1) is 14.2 Å². The first-order valence-electron chi connectivity index (χ1n) is 11.8. The summed E-state index contributed by atoms with van der Waals surface area (Å²) in [6, 6.07) is 14.5. The van der Waals surface area contributed by atoms with E-state index in [9.17, 15) is 24.6 Å². The number of hydrogen-bond donors (Lipinski definition) is 0. The average molecular weight is 482 g/mol. The Labute approximate surface area is 205 Å². The Balaban J connectivity index is 0.000000429. The van der Waals surface area contributed by atoms with Crippen LogP contribution in [0, 0.1) is 11.8 Å². The van der Waals surface area contributed by atoms with E-state index in [0.29, 0.717) is 17.4 Å². The van der Waals surface area contributed by atoms with E-state index in [1.807, 2.05) is 12.1 Å². The lowest BCUT2D eigenvalue weighted by atomic mass is 9.85. The smallest absolute Gasteiger partial charge is 0.166 e. The summed E-state index contributed by atoms with van der Waals surface area (Å²) in [6.45, 7) is 3.27. The number of fused-ring (bicyclic) bond motifs is 1. The molecule has 8 nitrogen and oxygen atoms in total. The van der Waals surface area contributed by atoms with Gasteiger partial charge in [-0.1, -0.05) is 30.3 Å². The average Bonchev–Trinajstić information content (AvgIpc) is 3.13. The lowest BCUT2D eigenvalue weighted by molar-refractivity contribution is -0.322. The molecular formula is C27H31NO7-2. The van der Waals surface area contributed by atoms with Gasteiger partial charge in [-0.3, -0.25) is 9.69 Å². The molecule has 35 heavy (non-hydrogen) atoms. The molecule has 0 saturated carbocycles. The molecule has 1 aliphatic heterocycles. The largest absolute Gasteiger partial charge is 0.550 e. The minimum atomic E-state index is -1.63. The third-order valence-corrected chi connectivity index (χ3v) is 6.57. The highest BCUT2D eigenvalue weighted by Gasteiger charge is 2.34. The van der Waals surface area contributed by atoms with Gasteiger partial charge in [-0.15, -0.1) is 0 Å². The van der Waals surface area contributed by atoms with E-state index in [-0.39, 0.29) is 11.7 Å². The van der Waals surface area contributed by atoms with Gasteiger partial charge in [0.25, 0.3) is 0 Å². The Bertz CT molecular complexity index is 1020. The molecule has 1 unspecified atom stereocenters. The van der Waals surface area contributed by atoms with Crippen LogP contribution in [0.15, 0.2) is 42.5 Å². The summed E-state index contributed by atoms with van der Waals surface area (Å²) in [4.78, 5) is 34.0. The molecule has 1 heterocycles. The van der Waals surface area contributed by atoms with Gasteiger partial charge in [0.15, 0.2) is 17.3 Å². The van der Waals surface area contributed by atoms with E-state index in [1.54, 1.807) is 14.2 Å². The molecule has 0 amide bonds. The molecule has 188 valence electrons. The number of carboxylic acids is 2. The summed E-state index contributed by atoms with van der Waals surface area (Å²) in [7, 11) is 3.26. The highest BCUT2D eigenvalue weighted by atomic mass is 16.5. The molecule has 0 aromatic heterocycles. The highest BCUT2D eigenvalue weighted by molar-refractivity contribution is 6.02. The molecule has 1 atom stereocenters. The molecule has 4 rings (SSSR count). The number of rotatable bonds is 8. The van der Waals surface area contributed by atoms with Crippen LogP contribution in [0.5, 0.6) is 11.5 Å². The number of carbonyl (C=O) groups excluding carboxylic acids is 3. The van der Waals surface area contributed by atoms with Crippen molar-refractivity contribution in [1.82, 2.24) is 4.90 Å². The molecule has 0 N–H and O–H groups in total. The monoisotopic (exact) mass is 481 g/mol. The second-order valence-corrected chi connectivity index (χ2v) is 8.99. The van der Waals surface area contributed by atoms with Crippen LogP contribution in [-0.2, 0) is 22.6 Å². The highest BCUT2D eigenvalue weighted by Crippen LogP contribution is 2.39. The van der Waals surface area contributed by atoms with E-state index in [2.05, 4.69) is 35.2 Å². The zero-order valence-electron chi connectivity index (χ0n) is 20.2. The quantitative estimate of drug-likeness (QED) is 0.517. The number of ketones is 1. The van der Waals surface area contributed by atoms with Gasteiger partial charge in [0.1, 0.15) is 0 Å². The Morgan fingerprint density at radius 2 is 1.57 bits per heavy atom. The van der Waals surface area contributed by atoms with Crippen LogP contribution in [0.25, 0.3) is 0 Å². The van der Waals surface area contributed by atoms with Gasteiger partial charge in [-0.2, -0.15) is 0 Å². The minimum Gasteiger partial charge on any atom is -0.550 e. The van der Waals surface area contributed by atoms with Crippen molar-refractivity contribution < 1.29 is 34.1 Å². The van der Waals surface area contributed by atoms with Gasteiger partial charge < -0.3 is 29.3 Å². The summed E-state index contributed by atoms with van der Waals surface area (Å²) in [5, 5.41) is 18.6. The second kappa shape index (κ2) is 12.4. The van der Waals surface area contributed by atoms with Gasteiger partial charge in [-0.25, -0.2) is 0 Å². The van der Waals surface area contributed by atoms with Crippen LogP contribution in [-0.4, -0.2) is 49.9 Å². The van der Waals surface area contributed by atoms with Gasteiger partial charge in [-0.05, 0) is 68.0 Å². The van der Waals surface area contributed by atoms with Crippen LogP contribution >= 0.6 is 0 Å². The standard InChI is InChI=1S/C24H29NO3.C3H4O4/c1-27-22-14-19-13-20(24(26)21(19)15-23(22)28-2)12-17-8-10-25(11-9-17)16-18-6-4-3-5-7-18;4-2(5)1-3(6)7/h3-7,14-15,17,20H,8-13,16H2,1-2H3;1H2,(H,4,5)(H,6,7)/p-2. The number of methoxy groups -OCH3 is 2. The van der Waals surface area contributed by atoms with Crippen LogP contribution in [0.3, 0.4) is 0 Å². The Kier molecular flexibility index (Phi) is 9.25. The lowest BCUT2D eigenvalue weighted by Crippen LogP contribution is -2.34. The van der Waals surface area contributed by atoms with Gasteiger partial charge in [0.2, 0.25) is 0 Å². The molecular weight excluding hydrogens is 450 g/mol. The zero-order chi connectivity index (χ0) is 25.4. The van der Waals surface area contributed by atoms with E-state index < -0.39 is 18.4 Å². The molecule has 1 saturated heterocycles. The number of carboxylic acid groups (broad SMARTS) is 2. The normalized spacial score (nSPS) is 17.8. The molecule has 2 aliphatic rings. The zero-order valence-corrected chi connectivity index (χ0v) is 20.2. The molecule has 0 bridgehead atoms. The summed E-state index contributed by atoms with van der Waals surface area (Å²) in [5.41, 5.74) is 3.31. The van der Waals surface area contributed by atoms with Crippen LogP contribution in [0.2, 0.25) is 0 Å². The van der Waals surface area contributed by atoms with Gasteiger partial charge in [0, 0.05) is 36.4 Å². The molecule has 2 aromatic carbocycles. The molecule has 8 heteroatoms. The predicted octanol–water partition coefficient (Wildman–Crippen LogP) is 1.24. The second-order valence-electron chi connectivity index (χ2n) is 8.99. The van der Waals surface area contributed by atoms with Crippen molar-refractivity contribution in [2.45, 2.75) is 38.6 Å². The van der Waals surface area contributed by atoms with E-state index in [0.717, 1.165) is 43.6 Å².